The van der Waals surface area contributed by atoms with Crippen molar-refractivity contribution in [2.45, 2.75) is 6.18 Å². The molecular weight excluding hydrogens is 308 g/mol. The van der Waals surface area contributed by atoms with E-state index in [1.165, 1.54) is 18.2 Å². The average Bonchev–Trinajstić information content (AvgIpc) is 2.85. The molecule has 110 valence electrons. The summed E-state index contributed by atoms with van der Waals surface area (Å²) >= 11 is 0.647. The van der Waals surface area contributed by atoms with Crippen LogP contribution in [0.3, 0.4) is 0 Å². The van der Waals surface area contributed by atoms with Crippen molar-refractivity contribution >= 4 is 23.5 Å². The second-order valence-corrected chi connectivity index (χ2v) is 4.96. The minimum atomic E-state index is -4.44. The molecule has 1 N–H and O–H groups in total. The lowest BCUT2D eigenvalue weighted by Gasteiger charge is -2.06. The Morgan fingerprint density at radius 2 is 2.00 bits per heavy atom. The molecule has 0 saturated carbocycles. The number of hydrogen-bond acceptors (Lipinski definition) is 3. The van der Waals surface area contributed by atoms with E-state index in [-0.39, 0.29) is 10.4 Å². The molecule has 0 aliphatic heterocycles. The normalized spacial score (nSPS) is 11.8. The number of nitrogens with zero attached hydrogens (tertiary/aromatic N) is 1. The Bertz CT molecular complexity index is 679. The number of carbonyl (C=O) groups excluding carboxylic acids is 1. The highest BCUT2D eigenvalue weighted by molar-refractivity contribution is 7.12. The highest BCUT2D eigenvalue weighted by Gasteiger charge is 2.30. The lowest BCUT2D eigenvalue weighted by Crippen LogP contribution is -2.16. The van der Waals surface area contributed by atoms with Gasteiger partial charge < -0.3 is 0 Å². The summed E-state index contributed by atoms with van der Waals surface area (Å²) in [6.07, 6.45) is -3.36. The van der Waals surface area contributed by atoms with Crippen LogP contribution in [0.4, 0.5) is 17.6 Å². The first-order valence-electron chi connectivity index (χ1n) is 5.62. The molecule has 0 radical (unpaired) electrons. The lowest BCUT2D eigenvalue weighted by molar-refractivity contribution is -0.137. The minimum absolute atomic E-state index is 0.119. The van der Waals surface area contributed by atoms with Gasteiger partial charge in [0.2, 0.25) is 0 Å². The molecule has 0 spiro atoms. The van der Waals surface area contributed by atoms with Gasteiger partial charge in [-0.05, 0) is 29.8 Å². The van der Waals surface area contributed by atoms with Crippen LogP contribution in [0.25, 0.3) is 0 Å². The Kier molecular flexibility index (Phi) is 4.37. The van der Waals surface area contributed by atoms with Crippen molar-refractivity contribution in [1.29, 1.82) is 0 Å². The Labute approximate surface area is 120 Å². The van der Waals surface area contributed by atoms with Crippen molar-refractivity contribution in [3.05, 3.63) is 57.5 Å². The van der Waals surface area contributed by atoms with Crippen LogP contribution in [0, 0.1) is 5.13 Å². The van der Waals surface area contributed by atoms with Gasteiger partial charge in [-0.2, -0.15) is 22.7 Å². The molecule has 0 aliphatic rings. The molecule has 3 nitrogen and oxygen atoms in total. The highest BCUT2D eigenvalue weighted by Crippen LogP contribution is 2.29. The maximum atomic E-state index is 12.7. The zero-order valence-electron chi connectivity index (χ0n) is 10.3. The summed E-state index contributed by atoms with van der Waals surface area (Å²) in [5.74, 6) is -0.632. The molecule has 2 rings (SSSR count). The van der Waals surface area contributed by atoms with Gasteiger partial charge in [0.1, 0.15) is 0 Å². The third kappa shape index (κ3) is 4.12. The lowest BCUT2D eigenvalue weighted by atomic mass is 10.1. The Morgan fingerprint density at radius 1 is 1.24 bits per heavy atom. The smallest absolute Gasteiger partial charge is 0.266 e. The maximum Gasteiger partial charge on any atom is 0.416 e. The predicted molar refractivity (Wildman–Crippen MR) is 70.8 cm³/mol. The number of alkyl halides is 3. The van der Waals surface area contributed by atoms with Crippen molar-refractivity contribution < 1.29 is 22.4 Å². The van der Waals surface area contributed by atoms with E-state index in [4.69, 9.17) is 0 Å². The summed E-state index contributed by atoms with van der Waals surface area (Å²) in [6, 6.07) is 6.91. The maximum absolute atomic E-state index is 12.7. The van der Waals surface area contributed by atoms with E-state index in [1.54, 1.807) is 0 Å². The molecule has 1 aromatic heterocycles. The fourth-order valence-electron chi connectivity index (χ4n) is 1.45. The zero-order valence-corrected chi connectivity index (χ0v) is 11.1. The number of hydrogen-bond donors (Lipinski definition) is 1. The molecule has 2 aromatic rings. The predicted octanol–water partition coefficient (Wildman–Crippen LogP) is 3.67. The summed E-state index contributed by atoms with van der Waals surface area (Å²) in [6.45, 7) is 0. The van der Waals surface area contributed by atoms with E-state index in [0.717, 1.165) is 24.4 Å². The summed E-state index contributed by atoms with van der Waals surface area (Å²) < 4.78 is 50.2. The molecule has 0 bridgehead atoms. The van der Waals surface area contributed by atoms with Gasteiger partial charge in [0.25, 0.3) is 5.91 Å². The number of halogens is 4. The van der Waals surface area contributed by atoms with Gasteiger partial charge in [-0.15, -0.1) is 11.3 Å². The van der Waals surface area contributed by atoms with Gasteiger partial charge in [0.05, 0.1) is 16.7 Å². The molecule has 1 amide bonds. The quantitative estimate of drug-likeness (QED) is 0.524. The van der Waals surface area contributed by atoms with Crippen LogP contribution in [-0.2, 0) is 6.18 Å². The highest BCUT2D eigenvalue weighted by atomic mass is 32.1. The minimum Gasteiger partial charge on any atom is -0.266 e. The second-order valence-electron chi connectivity index (χ2n) is 3.93. The summed E-state index contributed by atoms with van der Waals surface area (Å²) in [5.41, 5.74) is 1.49. The number of rotatable bonds is 3. The van der Waals surface area contributed by atoms with Crippen molar-refractivity contribution in [1.82, 2.24) is 5.43 Å². The van der Waals surface area contributed by atoms with E-state index in [0.29, 0.717) is 11.3 Å². The van der Waals surface area contributed by atoms with Crippen molar-refractivity contribution in [2.75, 3.05) is 0 Å². The molecule has 0 aliphatic carbocycles. The first-order valence-corrected chi connectivity index (χ1v) is 6.44. The Hall–Kier alpha value is -2.22. The zero-order chi connectivity index (χ0) is 15.5. The SMILES string of the molecule is O=C(N/N=C/c1cccc(C(F)(F)F)c1)c1ccc(F)s1. The number of carbonyl (C=O) groups is 1. The fourth-order valence-corrected chi connectivity index (χ4v) is 2.07. The van der Waals surface area contributed by atoms with E-state index in [9.17, 15) is 22.4 Å². The Balaban J connectivity index is 2.03. The average molecular weight is 316 g/mol. The summed E-state index contributed by atoms with van der Waals surface area (Å²) in [4.78, 5) is 11.6. The van der Waals surface area contributed by atoms with Crippen molar-refractivity contribution in [2.24, 2.45) is 5.10 Å². The van der Waals surface area contributed by atoms with E-state index >= 15 is 0 Å². The molecule has 0 unspecified atom stereocenters. The van der Waals surface area contributed by atoms with E-state index < -0.39 is 22.8 Å². The van der Waals surface area contributed by atoms with Gasteiger partial charge in [0.15, 0.2) is 5.13 Å². The number of benzene rings is 1. The first-order chi connectivity index (χ1) is 9.86. The summed E-state index contributed by atoms with van der Waals surface area (Å²) in [5, 5.41) is 3.03. The van der Waals surface area contributed by atoms with Crippen molar-refractivity contribution in [3.63, 3.8) is 0 Å². The molecular formula is C13H8F4N2OS. The molecule has 8 heteroatoms. The molecule has 0 fully saturated rings. The van der Waals surface area contributed by atoms with Crippen molar-refractivity contribution in [3.8, 4) is 0 Å². The molecule has 1 heterocycles. The molecule has 0 atom stereocenters. The van der Waals surface area contributed by atoms with Gasteiger partial charge in [-0.1, -0.05) is 12.1 Å². The molecule has 1 aromatic carbocycles. The van der Waals surface area contributed by atoms with E-state index in [1.807, 2.05) is 0 Å². The van der Waals surface area contributed by atoms with E-state index in [2.05, 4.69) is 10.5 Å². The fraction of sp³-hybridized carbons (Fsp3) is 0.0769. The molecule has 21 heavy (non-hydrogen) atoms. The first kappa shape index (κ1) is 15.2. The number of nitrogens with one attached hydrogen (secondary N) is 1. The standard InChI is InChI=1S/C13H8F4N2OS/c14-11-5-4-10(21-11)12(20)19-18-7-8-2-1-3-9(6-8)13(15,16)17/h1-7H,(H,19,20)/b18-7+. The summed E-state index contributed by atoms with van der Waals surface area (Å²) in [7, 11) is 0. The van der Waals surface area contributed by atoms with Crippen LogP contribution in [-0.4, -0.2) is 12.1 Å². The van der Waals surface area contributed by atoms with Crippen LogP contribution in [0.15, 0.2) is 41.5 Å². The largest absolute Gasteiger partial charge is 0.416 e. The van der Waals surface area contributed by atoms with Gasteiger partial charge in [-0.3, -0.25) is 4.79 Å². The van der Waals surface area contributed by atoms with Crippen LogP contribution in [0.2, 0.25) is 0 Å². The second kappa shape index (κ2) is 6.04. The van der Waals surface area contributed by atoms with Crippen LogP contribution in [0.5, 0.6) is 0 Å². The third-order valence-corrected chi connectivity index (χ3v) is 3.26. The number of thiophene rings is 1. The van der Waals surface area contributed by atoms with Gasteiger partial charge >= 0.3 is 6.18 Å². The molecule has 0 saturated heterocycles. The van der Waals surface area contributed by atoms with Crippen LogP contribution >= 0.6 is 11.3 Å². The van der Waals surface area contributed by atoms with Gasteiger partial charge in [-0.25, -0.2) is 5.43 Å². The number of amides is 1. The topological polar surface area (TPSA) is 41.5 Å². The van der Waals surface area contributed by atoms with Crippen LogP contribution < -0.4 is 5.43 Å². The van der Waals surface area contributed by atoms with Gasteiger partial charge in [0, 0.05) is 0 Å². The van der Waals surface area contributed by atoms with Crippen LogP contribution in [0.1, 0.15) is 20.8 Å². The number of hydrazone groups is 1. The Morgan fingerprint density at radius 3 is 2.62 bits per heavy atom. The monoisotopic (exact) mass is 316 g/mol. The third-order valence-electron chi connectivity index (χ3n) is 2.39.